The minimum Gasteiger partial charge on any atom is -0.377 e. The lowest BCUT2D eigenvalue weighted by Gasteiger charge is -2.45. The number of sulfone groups is 1. The molecule has 1 saturated heterocycles. The summed E-state index contributed by atoms with van der Waals surface area (Å²) in [5, 5.41) is 0. The van der Waals surface area contributed by atoms with Gasteiger partial charge in [-0.15, -0.1) is 0 Å². The summed E-state index contributed by atoms with van der Waals surface area (Å²) in [6.45, 7) is 2.83. The first-order valence-corrected chi connectivity index (χ1v) is 13.7. The third-order valence-electron chi connectivity index (χ3n) is 6.72. The monoisotopic (exact) mass is 526 g/mol. The van der Waals surface area contributed by atoms with E-state index in [4.69, 9.17) is 9.72 Å². The predicted octanol–water partition coefficient (Wildman–Crippen LogP) is 3.38. The maximum absolute atomic E-state index is 14.0. The normalized spacial score (nSPS) is 17.8. The van der Waals surface area contributed by atoms with Crippen molar-refractivity contribution in [3.05, 3.63) is 66.1 Å². The summed E-state index contributed by atoms with van der Waals surface area (Å²) >= 11 is 0. The molecule has 2 aliphatic rings. The summed E-state index contributed by atoms with van der Waals surface area (Å²) in [6, 6.07) is 13.7. The van der Waals surface area contributed by atoms with Crippen molar-refractivity contribution in [2.45, 2.75) is 23.9 Å². The Hall–Kier alpha value is -3.64. The van der Waals surface area contributed by atoms with Crippen LogP contribution in [0.1, 0.15) is 17.8 Å². The predicted molar refractivity (Wildman–Crippen MR) is 134 cm³/mol. The first-order chi connectivity index (χ1) is 17.8. The highest BCUT2D eigenvalue weighted by Gasteiger charge is 2.35. The Balaban J connectivity index is 1.42. The van der Waals surface area contributed by atoms with Crippen LogP contribution in [0.5, 0.6) is 0 Å². The molecule has 9 nitrogen and oxygen atoms in total. The van der Waals surface area contributed by atoms with Gasteiger partial charge in [0, 0.05) is 25.9 Å². The first kappa shape index (κ1) is 23.7. The molecule has 1 atom stereocenters. The summed E-state index contributed by atoms with van der Waals surface area (Å²) in [6.07, 6.45) is 0.0472. The molecule has 0 bridgehead atoms. The van der Waals surface area contributed by atoms with Crippen LogP contribution in [0.25, 0.3) is 17.0 Å². The zero-order valence-electron chi connectivity index (χ0n) is 20.0. The van der Waals surface area contributed by atoms with Gasteiger partial charge in [-0.1, -0.05) is 24.3 Å². The highest BCUT2D eigenvalue weighted by molar-refractivity contribution is 7.90. The number of rotatable bonds is 5. The van der Waals surface area contributed by atoms with Crippen molar-refractivity contribution in [3.8, 4) is 5.95 Å². The summed E-state index contributed by atoms with van der Waals surface area (Å²) in [5.74, 6) is 0.376. The topological polar surface area (TPSA) is 93.5 Å². The van der Waals surface area contributed by atoms with Gasteiger partial charge in [0.1, 0.15) is 0 Å². The number of hydrogen-bond acceptors (Lipinski definition) is 8. The largest absolute Gasteiger partial charge is 0.377 e. The van der Waals surface area contributed by atoms with E-state index in [9.17, 15) is 17.2 Å². The van der Waals surface area contributed by atoms with Crippen LogP contribution in [0.2, 0.25) is 0 Å². The lowest BCUT2D eigenvalue weighted by molar-refractivity contribution is 0.0935. The number of alkyl halides is 2. The highest BCUT2D eigenvalue weighted by Crippen LogP contribution is 2.37. The van der Waals surface area contributed by atoms with Gasteiger partial charge >= 0.3 is 0 Å². The molecule has 4 aromatic rings. The molecule has 0 aliphatic carbocycles. The number of anilines is 2. The van der Waals surface area contributed by atoms with Crippen LogP contribution < -0.4 is 9.80 Å². The molecule has 37 heavy (non-hydrogen) atoms. The van der Waals surface area contributed by atoms with Gasteiger partial charge in [0.2, 0.25) is 5.95 Å². The number of halogens is 2. The second-order valence-electron chi connectivity index (χ2n) is 9.19. The van der Waals surface area contributed by atoms with E-state index in [-0.39, 0.29) is 16.9 Å². The van der Waals surface area contributed by atoms with E-state index >= 15 is 0 Å². The average molecular weight is 527 g/mol. The maximum atomic E-state index is 14.0. The molecule has 2 aromatic carbocycles. The van der Waals surface area contributed by atoms with Gasteiger partial charge in [0.05, 0.1) is 47.1 Å². The summed E-state index contributed by atoms with van der Waals surface area (Å²) in [5.41, 5.74) is 2.66. The number of benzene rings is 2. The van der Waals surface area contributed by atoms with E-state index in [0.717, 1.165) is 11.3 Å². The van der Waals surface area contributed by atoms with Gasteiger partial charge in [0.15, 0.2) is 21.5 Å². The second-order valence-corrected chi connectivity index (χ2v) is 11.2. The van der Waals surface area contributed by atoms with Gasteiger partial charge in [-0.05, 0) is 29.8 Å². The summed E-state index contributed by atoms with van der Waals surface area (Å²) < 4.78 is 58.6. The molecular weight excluding hydrogens is 502 g/mol. The van der Waals surface area contributed by atoms with Crippen molar-refractivity contribution in [2.24, 2.45) is 0 Å². The zero-order chi connectivity index (χ0) is 25.7. The van der Waals surface area contributed by atoms with Gasteiger partial charge < -0.3 is 14.5 Å². The molecule has 2 aliphatic heterocycles. The van der Waals surface area contributed by atoms with Crippen molar-refractivity contribution < 1.29 is 21.9 Å². The molecule has 0 amide bonds. The molecule has 1 fully saturated rings. The van der Waals surface area contributed by atoms with E-state index in [0.29, 0.717) is 49.7 Å². The van der Waals surface area contributed by atoms with E-state index in [1.165, 1.54) is 10.8 Å². The van der Waals surface area contributed by atoms with Gasteiger partial charge in [-0.3, -0.25) is 4.57 Å². The van der Waals surface area contributed by atoms with Gasteiger partial charge in [0.25, 0.3) is 6.43 Å². The number of imidazole rings is 1. The van der Waals surface area contributed by atoms with Crippen LogP contribution in [0.3, 0.4) is 0 Å². The third-order valence-corrected chi connectivity index (χ3v) is 7.84. The van der Waals surface area contributed by atoms with Crippen molar-refractivity contribution >= 4 is 32.4 Å². The molecular formula is C25H24F2N6O3S. The number of nitrogens with zero attached hydrogens (tertiary/aromatic N) is 6. The Bertz CT molecular complexity index is 1580. The molecule has 0 saturated carbocycles. The molecule has 192 valence electrons. The quantitative estimate of drug-likeness (QED) is 0.391. The fraction of sp³-hybridized carbons (Fsp3) is 0.320. The third kappa shape index (κ3) is 4.29. The van der Waals surface area contributed by atoms with Crippen molar-refractivity contribution in [2.75, 3.05) is 42.4 Å². The van der Waals surface area contributed by atoms with E-state index in [2.05, 4.69) is 19.8 Å². The standard InChI is InChI=1S/C25H24F2N6O3S/c1-37(34,35)18-8-6-16(7-9-18)13-31-14-17-15-36-11-10-32(17)23-21(31)12-28-25(30-23)33-20-5-3-2-4-19(20)29-24(33)22(26)27/h2-9,12,17,22H,10-11,13-15H2,1H3. The minimum absolute atomic E-state index is 0.0217. The number of ether oxygens (including phenoxy) is 1. The van der Waals surface area contributed by atoms with Crippen LogP contribution in [0, 0.1) is 0 Å². The molecule has 1 unspecified atom stereocenters. The second kappa shape index (κ2) is 9.03. The van der Waals surface area contributed by atoms with Crippen molar-refractivity contribution in [3.63, 3.8) is 0 Å². The Labute approximate surface area is 212 Å². The Morgan fingerprint density at radius 3 is 2.65 bits per heavy atom. The molecule has 0 N–H and O–H groups in total. The fourth-order valence-corrected chi connectivity index (χ4v) is 5.58. The summed E-state index contributed by atoms with van der Waals surface area (Å²) in [4.78, 5) is 18.0. The van der Waals surface area contributed by atoms with Gasteiger partial charge in [-0.25, -0.2) is 27.2 Å². The van der Waals surface area contributed by atoms with Crippen molar-refractivity contribution in [1.29, 1.82) is 0 Å². The Morgan fingerprint density at radius 2 is 1.89 bits per heavy atom. The number of morpholine rings is 1. The van der Waals surface area contributed by atoms with Crippen LogP contribution in [-0.2, 0) is 21.1 Å². The number of hydrogen-bond donors (Lipinski definition) is 0. The van der Waals surface area contributed by atoms with Crippen LogP contribution in [0.4, 0.5) is 20.3 Å². The molecule has 4 heterocycles. The SMILES string of the molecule is CS(=O)(=O)c1ccc(CN2CC3COCCN3c3nc(-n4c(C(F)F)nc5ccccc54)ncc32)cc1. The molecule has 0 radical (unpaired) electrons. The van der Waals surface area contributed by atoms with Crippen LogP contribution >= 0.6 is 0 Å². The zero-order valence-corrected chi connectivity index (χ0v) is 20.8. The fourth-order valence-electron chi connectivity index (χ4n) is 4.95. The van der Waals surface area contributed by atoms with E-state index in [1.807, 2.05) is 0 Å². The van der Waals surface area contributed by atoms with E-state index < -0.39 is 22.1 Å². The molecule has 6 rings (SSSR count). The van der Waals surface area contributed by atoms with Gasteiger partial charge in [-0.2, -0.15) is 4.98 Å². The smallest absolute Gasteiger partial charge is 0.296 e. The lowest BCUT2D eigenvalue weighted by Crippen LogP contribution is -2.55. The van der Waals surface area contributed by atoms with Crippen LogP contribution in [0.15, 0.2) is 59.6 Å². The summed E-state index contributed by atoms with van der Waals surface area (Å²) in [7, 11) is -3.29. The minimum atomic E-state index is -3.29. The molecule has 12 heteroatoms. The van der Waals surface area contributed by atoms with Crippen molar-refractivity contribution in [1.82, 2.24) is 19.5 Å². The highest BCUT2D eigenvalue weighted by atomic mass is 32.2. The first-order valence-electron chi connectivity index (χ1n) is 11.8. The van der Waals surface area contributed by atoms with Crippen LogP contribution in [-0.4, -0.2) is 66.5 Å². The average Bonchev–Trinajstić information content (AvgIpc) is 3.28. The Kier molecular flexibility index (Phi) is 5.80. The number of aromatic nitrogens is 4. The maximum Gasteiger partial charge on any atom is 0.296 e. The number of para-hydroxylation sites is 2. The van der Waals surface area contributed by atoms with E-state index in [1.54, 1.807) is 54.7 Å². The lowest BCUT2D eigenvalue weighted by atomic mass is 10.1. The molecule has 2 aromatic heterocycles. The number of fused-ring (bicyclic) bond motifs is 4. The Morgan fingerprint density at radius 1 is 1.11 bits per heavy atom. The molecule has 0 spiro atoms.